The number of nitriles is 1. The van der Waals surface area contributed by atoms with Gasteiger partial charge in [0.2, 0.25) is 0 Å². The van der Waals surface area contributed by atoms with Gasteiger partial charge in [-0.3, -0.25) is 0 Å². The molecule has 0 N–H and O–H groups in total. The third-order valence-corrected chi connectivity index (χ3v) is 1.48. The molecule has 0 saturated carbocycles. The number of rotatable bonds is 5. The summed E-state index contributed by atoms with van der Waals surface area (Å²) in [5, 5.41) is 8.37. The smallest absolute Gasteiger partial charge is 0.141 e. The Bertz CT molecular complexity index is 126. The standard InChI is InChI=1S/C9H17NO/c1-8(2)5-4-6-11-9(3)7-10/h8-9H,4-6H2,1-3H3. The lowest BCUT2D eigenvalue weighted by Crippen LogP contribution is -2.06. The van der Waals surface area contributed by atoms with Gasteiger partial charge in [-0.15, -0.1) is 0 Å². The van der Waals surface area contributed by atoms with Gasteiger partial charge in [-0.25, -0.2) is 0 Å². The molecule has 2 heteroatoms. The van der Waals surface area contributed by atoms with Crippen LogP contribution in [0.3, 0.4) is 0 Å². The van der Waals surface area contributed by atoms with Crippen molar-refractivity contribution in [3.8, 4) is 6.07 Å². The minimum absolute atomic E-state index is 0.248. The highest BCUT2D eigenvalue weighted by molar-refractivity contribution is 4.78. The minimum atomic E-state index is -0.248. The fraction of sp³-hybridized carbons (Fsp3) is 0.889. The van der Waals surface area contributed by atoms with Crippen LogP contribution >= 0.6 is 0 Å². The zero-order valence-electron chi connectivity index (χ0n) is 7.63. The molecule has 0 saturated heterocycles. The minimum Gasteiger partial charge on any atom is -0.364 e. The van der Waals surface area contributed by atoms with Crippen molar-refractivity contribution in [1.29, 1.82) is 5.26 Å². The highest BCUT2D eigenvalue weighted by Gasteiger charge is 1.98. The molecule has 0 radical (unpaired) electrons. The zero-order valence-corrected chi connectivity index (χ0v) is 7.63. The van der Waals surface area contributed by atoms with Crippen molar-refractivity contribution >= 4 is 0 Å². The van der Waals surface area contributed by atoms with Gasteiger partial charge in [-0.1, -0.05) is 13.8 Å². The monoisotopic (exact) mass is 155 g/mol. The maximum absolute atomic E-state index is 8.37. The molecule has 0 aromatic rings. The van der Waals surface area contributed by atoms with Crippen molar-refractivity contribution in [2.24, 2.45) is 5.92 Å². The number of ether oxygens (including phenoxy) is 1. The molecule has 0 aliphatic rings. The van der Waals surface area contributed by atoms with Crippen LogP contribution in [-0.2, 0) is 4.74 Å². The van der Waals surface area contributed by atoms with Gasteiger partial charge >= 0.3 is 0 Å². The summed E-state index contributed by atoms with van der Waals surface area (Å²) in [5.41, 5.74) is 0. The van der Waals surface area contributed by atoms with Gasteiger partial charge < -0.3 is 4.74 Å². The van der Waals surface area contributed by atoms with E-state index in [1.54, 1.807) is 6.92 Å². The Kier molecular flexibility index (Phi) is 5.87. The first kappa shape index (κ1) is 10.4. The Hall–Kier alpha value is -0.550. The molecule has 0 bridgehead atoms. The largest absolute Gasteiger partial charge is 0.364 e. The Morgan fingerprint density at radius 1 is 1.36 bits per heavy atom. The Labute approximate surface area is 69.2 Å². The fourth-order valence-electron chi connectivity index (χ4n) is 0.789. The average Bonchev–Trinajstić information content (AvgIpc) is 1.97. The van der Waals surface area contributed by atoms with Crippen LogP contribution < -0.4 is 0 Å². The molecule has 0 aromatic heterocycles. The molecule has 0 aliphatic carbocycles. The summed E-state index contributed by atoms with van der Waals surface area (Å²) in [4.78, 5) is 0. The summed E-state index contributed by atoms with van der Waals surface area (Å²) < 4.78 is 5.18. The van der Waals surface area contributed by atoms with Crippen molar-refractivity contribution in [2.45, 2.75) is 39.7 Å². The first-order chi connectivity index (χ1) is 5.16. The summed E-state index contributed by atoms with van der Waals surface area (Å²) in [6, 6.07) is 2.03. The molecule has 1 unspecified atom stereocenters. The Morgan fingerprint density at radius 2 is 2.00 bits per heavy atom. The van der Waals surface area contributed by atoms with E-state index in [9.17, 15) is 0 Å². The predicted molar refractivity (Wildman–Crippen MR) is 45.1 cm³/mol. The molecule has 0 spiro atoms. The number of hydrogen-bond acceptors (Lipinski definition) is 2. The second-order valence-corrected chi connectivity index (χ2v) is 3.18. The van der Waals surface area contributed by atoms with Crippen LogP contribution in [0.1, 0.15) is 33.6 Å². The highest BCUT2D eigenvalue weighted by atomic mass is 16.5. The lowest BCUT2D eigenvalue weighted by atomic mass is 10.1. The first-order valence-corrected chi connectivity index (χ1v) is 4.18. The topological polar surface area (TPSA) is 33.0 Å². The van der Waals surface area contributed by atoms with Crippen LogP contribution in [0.5, 0.6) is 0 Å². The van der Waals surface area contributed by atoms with Gasteiger partial charge in [0.15, 0.2) is 0 Å². The van der Waals surface area contributed by atoms with Gasteiger partial charge in [0, 0.05) is 6.61 Å². The third-order valence-electron chi connectivity index (χ3n) is 1.48. The summed E-state index contributed by atoms with van der Waals surface area (Å²) in [7, 11) is 0. The molecular weight excluding hydrogens is 138 g/mol. The van der Waals surface area contributed by atoms with Crippen molar-refractivity contribution < 1.29 is 4.74 Å². The molecule has 0 rings (SSSR count). The van der Waals surface area contributed by atoms with Crippen LogP contribution in [0.4, 0.5) is 0 Å². The van der Waals surface area contributed by atoms with E-state index in [0.717, 1.165) is 12.3 Å². The molecule has 0 aromatic carbocycles. The molecule has 0 amide bonds. The summed E-state index contributed by atoms with van der Waals surface area (Å²) in [5.74, 6) is 0.732. The Balaban J connectivity index is 3.10. The maximum atomic E-state index is 8.37. The van der Waals surface area contributed by atoms with E-state index in [2.05, 4.69) is 13.8 Å². The van der Waals surface area contributed by atoms with Crippen molar-refractivity contribution in [3.05, 3.63) is 0 Å². The van der Waals surface area contributed by atoms with Crippen LogP contribution in [0.15, 0.2) is 0 Å². The van der Waals surface area contributed by atoms with E-state index < -0.39 is 0 Å². The van der Waals surface area contributed by atoms with Crippen LogP contribution in [0, 0.1) is 17.2 Å². The highest BCUT2D eigenvalue weighted by Crippen LogP contribution is 2.03. The van der Waals surface area contributed by atoms with Gasteiger partial charge in [0.05, 0.1) is 6.07 Å². The third kappa shape index (κ3) is 7.35. The van der Waals surface area contributed by atoms with E-state index >= 15 is 0 Å². The van der Waals surface area contributed by atoms with Crippen LogP contribution in [0.2, 0.25) is 0 Å². The van der Waals surface area contributed by atoms with Crippen molar-refractivity contribution in [2.75, 3.05) is 6.61 Å². The van der Waals surface area contributed by atoms with Gasteiger partial charge in [0.1, 0.15) is 6.10 Å². The molecule has 1 atom stereocenters. The van der Waals surface area contributed by atoms with Crippen molar-refractivity contribution in [1.82, 2.24) is 0 Å². The van der Waals surface area contributed by atoms with E-state index in [1.165, 1.54) is 6.42 Å². The molecular formula is C9H17NO. The molecule has 64 valence electrons. The number of nitrogens with zero attached hydrogens (tertiary/aromatic N) is 1. The van der Waals surface area contributed by atoms with E-state index in [0.29, 0.717) is 6.61 Å². The quantitative estimate of drug-likeness (QED) is 0.571. The fourth-order valence-corrected chi connectivity index (χ4v) is 0.789. The van der Waals surface area contributed by atoms with Crippen LogP contribution in [0.25, 0.3) is 0 Å². The second-order valence-electron chi connectivity index (χ2n) is 3.18. The lowest BCUT2D eigenvalue weighted by molar-refractivity contribution is 0.0969. The molecule has 0 heterocycles. The van der Waals surface area contributed by atoms with Crippen LogP contribution in [-0.4, -0.2) is 12.7 Å². The maximum Gasteiger partial charge on any atom is 0.141 e. The molecule has 0 fully saturated rings. The summed E-state index contributed by atoms with van der Waals surface area (Å²) >= 11 is 0. The molecule has 11 heavy (non-hydrogen) atoms. The van der Waals surface area contributed by atoms with Gasteiger partial charge in [0.25, 0.3) is 0 Å². The normalized spacial score (nSPS) is 13.0. The Morgan fingerprint density at radius 3 is 2.45 bits per heavy atom. The SMILES string of the molecule is CC(C)CCCOC(C)C#N. The van der Waals surface area contributed by atoms with Gasteiger partial charge in [-0.05, 0) is 25.7 Å². The molecule has 2 nitrogen and oxygen atoms in total. The van der Waals surface area contributed by atoms with Crippen molar-refractivity contribution in [3.63, 3.8) is 0 Å². The van der Waals surface area contributed by atoms with E-state index in [-0.39, 0.29) is 6.10 Å². The lowest BCUT2D eigenvalue weighted by Gasteiger charge is -2.06. The van der Waals surface area contributed by atoms with E-state index in [1.807, 2.05) is 6.07 Å². The zero-order chi connectivity index (χ0) is 8.69. The average molecular weight is 155 g/mol. The summed E-state index contributed by atoms with van der Waals surface area (Å²) in [6.45, 7) is 6.86. The predicted octanol–water partition coefficient (Wildman–Crippen LogP) is 2.35. The van der Waals surface area contributed by atoms with Gasteiger partial charge in [-0.2, -0.15) is 5.26 Å². The molecule has 0 aliphatic heterocycles. The number of hydrogen-bond donors (Lipinski definition) is 0. The second kappa shape index (κ2) is 6.18. The summed E-state index contributed by atoms with van der Waals surface area (Å²) in [6.07, 6.45) is 1.99. The first-order valence-electron chi connectivity index (χ1n) is 4.18. The van der Waals surface area contributed by atoms with E-state index in [4.69, 9.17) is 10.00 Å².